The van der Waals surface area contributed by atoms with Crippen LogP contribution in [0, 0.1) is 0 Å². The smallest absolute Gasteiger partial charge is 0.231 e. The fourth-order valence-corrected chi connectivity index (χ4v) is 4.34. The average Bonchev–Trinajstić information content (AvgIpc) is 3.45. The number of aromatic nitrogens is 3. The van der Waals surface area contributed by atoms with Gasteiger partial charge in [-0.25, -0.2) is 4.98 Å². The van der Waals surface area contributed by atoms with E-state index in [-0.39, 0.29) is 18.4 Å². The zero-order valence-electron chi connectivity index (χ0n) is 19.0. The Bertz CT molecular complexity index is 1310. The van der Waals surface area contributed by atoms with E-state index in [2.05, 4.69) is 20.4 Å². The van der Waals surface area contributed by atoms with Crippen LogP contribution in [0.3, 0.4) is 0 Å². The second kappa shape index (κ2) is 9.85. The lowest BCUT2D eigenvalue weighted by molar-refractivity contribution is -0.117. The van der Waals surface area contributed by atoms with E-state index in [1.54, 1.807) is 29.3 Å². The monoisotopic (exact) mass is 489 g/mol. The first-order valence-corrected chi connectivity index (χ1v) is 11.7. The number of nitrogens with one attached hydrogen (secondary N) is 1. The van der Waals surface area contributed by atoms with Gasteiger partial charge >= 0.3 is 0 Å². The van der Waals surface area contributed by atoms with Crippen LogP contribution in [-0.4, -0.2) is 38.3 Å². The van der Waals surface area contributed by atoms with Crippen molar-refractivity contribution in [1.82, 2.24) is 15.1 Å². The molecule has 1 aliphatic rings. The van der Waals surface area contributed by atoms with Crippen molar-refractivity contribution in [3.63, 3.8) is 0 Å². The number of hydrogen-bond donors (Lipinski definition) is 2. The lowest BCUT2D eigenvalue weighted by Gasteiger charge is -2.26. The molecule has 0 bridgehead atoms. The minimum Gasteiger partial charge on any atom is -0.390 e. The normalized spacial score (nSPS) is 18.6. The molecule has 1 fully saturated rings. The van der Waals surface area contributed by atoms with Gasteiger partial charge in [0.25, 0.3) is 0 Å². The largest absolute Gasteiger partial charge is 0.390 e. The highest BCUT2D eigenvalue weighted by atomic mass is 35.5. The number of rotatable bonds is 7. The quantitative estimate of drug-likeness (QED) is 0.388. The Balaban J connectivity index is 1.33. The number of halogens is 1. The zero-order chi connectivity index (χ0) is 24.4. The molecule has 178 valence electrons. The first-order valence-electron chi connectivity index (χ1n) is 11.3. The summed E-state index contributed by atoms with van der Waals surface area (Å²) in [5.74, 6) is 1.25. The van der Waals surface area contributed by atoms with Gasteiger partial charge < -0.3 is 14.9 Å². The van der Waals surface area contributed by atoms with Crippen molar-refractivity contribution >= 4 is 29.3 Å². The summed E-state index contributed by atoms with van der Waals surface area (Å²) in [6.45, 7) is 1.92. The standard InChI is InChI=1S/C26H24ClN5O3/c1-16(20-14-23(35-31-20)18-7-9-19(27)10-8-18)29-26-28-12-11-24(30-26)32-21(22(33)15-25(32)34)13-17-5-3-2-4-6-17/h2-12,14,16,21-22,33H,13,15H2,1H3,(H,28,29,30)/t16-,21-,22-/m0/s1. The first kappa shape index (κ1) is 23.0. The molecule has 2 aromatic heterocycles. The van der Waals surface area contributed by atoms with Gasteiger partial charge in [-0.1, -0.05) is 47.1 Å². The molecule has 3 atom stereocenters. The van der Waals surface area contributed by atoms with Crippen LogP contribution in [0.2, 0.25) is 5.02 Å². The van der Waals surface area contributed by atoms with Crippen LogP contribution >= 0.6 is 11.6 Å². The molecule has 1 saturated heterocycles. The molecule has 0 spiro atoms. The van der Waals surface area contributed by atoms with Crippen molar-refractivity contribution in [1.29, 1.82) is 0 Å². The summed E-state index contributed by atoms with van der Waals surface area (Å²) in [5.41, 5.74) is 2.59. The topological polar surface area (TPSA) is 104 Å². The SMILES string of the molecule is C[C@H](Nc1nccc(N2C(=O)C[C@H](O)[C@@H]2Cc2ccccc2)n1)c1cc(-c2ccc(Cl)cc2)on1. The molecule has 3 heterocycles. The number of nitrogens with zero attached hydrogens (tertiary/aromatic N) is 4. The Morgan fingerprint density at radius 3 is 2.71 bits per heavy atom. The Morgan fingerprint density at radius 1 is 1.17 bits per heavy atom. The summed E-state index contributed by atoms with van der Waals surface area (Å²) in [6.07, 6.45) is 1.42. The van der Waals surface area contributed by atoms with E-state index in [0.29, 0.717) is 34.7 Å². The van der Waals surface area contributed by atoms with Gasteiger partial charge in [0, 0.05) is 22.8 Å². The van der Waals surface area contributed by atoms with Crippen LogP contribution in [0.5, 0.6) is 0 Å². The van der Waals surface area contributed by atoms with E-state index in [4.69, 9.17) is 16.1 Å². The number of aliphatic hydroxyl groups excluding tert-OH is 1. The maximum atomic E-state index is 12.8. The molecule has 0 unspecified atom stereocenters. The van der Waals surface area contributed by atoms with Gasteiger partial charge in [0.05, 0.1) is 24.6 Å². The van der Waals surface area contributed by atoms with E-state index in [1.807, 2.05) is 55.5 Å². The minimum absolute atomic E-state index is 0.0626. The first-order chi connectivity index (χ1) is 17.0. The number of anilines is 2. The van der Waals surface area contributed by atoms with Gasteiger partial charge in [-0.2, -0.15) is 4.98 Å². The summed E-state index contributed by atoms with van der Waals surface area (Å²) >= 11 is 5.96. The van der Waals surface area contributed by atoms with Crippen molar-refractivity contribution in [2.24, 2.45) is 0 Å². The molecule has 2 N–H and O–H groups in total. The Kier molecular flexibility index (Phi) is 6.48. The van der Waals surface area contributed by atoms with Crippen LogP contribution in [-0.2, 0) is 11.2 Å². The van der Waals surface area contributed by atoms with Crippen LogP contribution in [0.15, 0.2) is 77.4 Å². The summed E-state index contributed by atoms with van der Waals surface area (Å²) in [5, 5.41) is 18.6. The summed E-state index contributed by atoms with van der Waals surface area (Å²) in [6, 6.07) is 20.0. The average molecular weight is 490 g/mol. The summed E-state index contributed by atoms with van der Waals surface area (Å²) < 4.78 is 5.50. The molecular formula is C26H24ClN5O3. The molecule has 9 heteroatoms. The van der Waals surface area contributed by atoms with E-state index in [9.17, 15) is 9.90 Å². The van der Waals surface area contributed by atoms with Crippen LogP contribution in [0.25, 0.3) is 11.3 Å². The van der Waals surface area contributed by atoms with E-state index < -0.39 is 12.1 Å². The molecule has 35 heavy (non-hydrogen) atoms. The van der Waals surface area contributed by atoms with E-state index >= 15 is 0 Å². The lowest BCUT2D eigenvalue weighted by Crippen LogP contribution is -2.39. The third kappa shape index (κ3) is 5.03. The molecular weight excluding hydrogens is 466 g/mol. The fraction of sp³-hybridized carbons (Fsp3) is 0.231. The maximum Gasteiger partial charge on any atom is 0.231 e. The number of carbonyl (C=O) groups is 1. The molecule has 5 rings (SSSR count). The molecule has 2 aromatic carbocycles. The third-order valence-corrected chi connectivity index (χ3v) is 6.30. The van der Waals surface area contributed by atoms with Crippen molar-refractivity contribution in [3.05, 3.63) is 89.2 Å². The number of hydrogen-bond acceptors (Lipinski definition) is 7. The number of aliphatic hydroxyl groups is 1. The number of amides is 1. The predicted octanol–water partition coefficient (Wildman–Crippen LogP) is 4.67. The van der Waals surface area contributed by atoms with Gasteiger partial charge in [-0.3, -0.25) is 9.69 Å². The number of carbonyl (C=O) groups excluding carboxylic acids is 1. The van der Waals surface area contributed by atoms with Crippen LogP contribution < -0.4 is 10.2 Å². The van der Waals surface area contributed by atoms with Crippen molar-refractivity contribution < 1.29 is 14.4 Å². The zero-order valence-corrected chi connectivity index (χ0v) is 19.8. The minimum atomic E-state index is -0.769. The highest BCUT2D eigenvalue weighted by Crippen LogP contribution is 2.29. The Labute approximate surface area is 207 Å². The van der Waals surface area contributed by atoms with Gasteiger partial charge in [0.1, 0.15) is 11.5 Å². The third-order valence-electron chi connectivity index (χ3n) is 6.05. The van der Waals surface area contributed by atoms with E-state index in [0.717, 1.165) is 11.1 Å². The van der Waals surface area contributed by atoms with Gasteiger partial charge in [-0.15, -0.1) is 0 Å². The van der Waals surface area contributed by atoms with Crippen LogP contribution in [0.1, 0.15) is 30.6 Å². The van der Waals surface area contributed by atoms with Crippen molar-refractivity contribution in [3.8, 4) is 11.3 Å². The second-order valence-corrected chi connectivity index (χ2v) is 8.96. The lowest BCUT2D eigenvalue weighted by atomic mass is 10.0. The molecule has 0 aliphatic carbocycles. The van der Waals surface area contributed by atoms with Crippen molar-refractivity contribution in [2.75, 3.05) is 10.2 Å². The molecule has 0 radical (unpaired) electrons. The summed E-state index contributed by atoms with van der Waals surface area (Å²) in [4.78, 5) is 23.2. The maximum absolute atomic E-state index is 12.8. The Hall–Kier alpha value is -3.75. The van der Waals surface area contributed by atoms with Crippen LogP contribution in [0.4, 0.5) is 11.8 Å². The number of benzene rings is 2. The van der Waals surface area contributed by atoms with Crippen molar-refractivity contribution in [2.45, 2.75) is 38.0 Å². The van der Waals surface area contributed by atoms with E-state index in [1.165, 1.54) is 0 Å². The Morgan fingerprint density at radius 2 is 1.94 bits per heavy atom. The van der Waals surface area contributed by atoms with Gasteiger partial charge in [-0.05, 0) is 49.2 Å². The van der Waals surface area contributed by atoms with Gasteiger partial charge in [0.2, 0.25) is 11.9 Å². The molecule has 4 aromatic rings. The summed E-state index contributed by atoms with van der Waals surface area (Å²) in [7, 11) is 0. The predicted molar refractivity (Wildman–Crippen MR) is 133 cm³/mol. The second-order valence-electron chi connectivity index (χ2n) is 8.52. The highest BCUT2D eigenvalue weighted by Gasteiger charge is 2.40. The molecule has 1 aliphatic heterocycles. The fourth-order valence-electron chi connectivity index (χ4n) is 4.21. The highest BCUT2D eigenvalue weighted by molar-refractivity contribution is 6.30. The molecule has 8 nitrogen and oxygen atoms in total. The van der Waals surface area contributed by atoms with Gasteiger partial charge in [0.15, 0.2) is 5.76 Å². The molecule has 0 saturated carbocycles. The molecule has 1 amide bonds.